The minimum Gasteiger partial charge on any atom is -0.377 e. The van der Waals surface area contributed by atoms with E-state index in [9.17, 15) is 13.2 Å². The molecular weight excluding hydrogens is 328 g/mol. The van der Waals surface area contributed by atoms with Crippen LogP contribution in [0.25, 0.3) is 0 Å². The zero-order valence-electron chi connectivity index (χ0n) is 14.0. The average Bonchev–Trinajstić information content (AvgIpc) is 3.07. The largest absolute Gasteiger partial charge is 0.377 e. The van der Waals surface area contributed by atoms with Gasteiger partial charge < -0.3 is 9.64 Å². The zero-order valence-corrected chi connectivity index (χ0v) is 14.8. The minimum absolute atomic E-state index is 0.0354. The molecule has 1 amide bonds. The van der Waals surface area contributed by atoms with E-state index in [-0.39, 0.29) is 10.8 Å². The molecule has 0 bridgehead atoms. The van der Waals surface area contributed by atoms with Gasteiger partial charge in [0.2, 0.25) is 0 Å². The fourth-order valence-corrected chi connectivity index (χ4v) is 3.87. The van der Waals surface area contributed by atoms with Crippen molar-refractivity contribution in [1.29, 1.82) is 0 Å². The average molecular weight is 352 g/mol. The molecule has 2 saturated heterocycles. The Morgan fingerprint density at radius 2 is 1.83 bits per heavy atom. The van der Waals surface area contributed by atoms with E-state index >= 15 is 0 Å². The first-order chi connectivity index (χ1) is 11.4. The summed E-state index contributed by atoms with van der Waals surface area (Å²) in [7, 11) is -3.23. The number of hydrogen-bond donors (Lipinski definition) is 0. The van der Waals surface area contributed by atoms with Crippen molar-refractivity contribution in [2.45, 2.75) is 23.8 Å². The van der Waals surface area contributed by atoms with E-state index in [2.05, 4.69) is 4.90 Å². The van der Waals surface area contributed by atoms with E-state index in [0.717, 1.165) is 45.3 Å². The Hall–Kier alpha value is -1.44. The fourth-order valence-electron chi connectivity index (χ4n) is 3.24. The summed E-state index contributed by atoms with van der Waals surface area (Å²) in [4.78, 5) is 17.0. The highest BCUT2D eigenvalue weighted by molar-refractivity contribution is 7.90. The van der Waals surface area contributed by atoms with Gasteiger partial charge in [-0.3, -0.25) is 9.69 Å². The van der Waals surface area contributed by atoms with Gasteiger partial charge in [0.1, 0.15) is 0 Å². The van der Waals surface area contributed by atoms with Gasteiger partial charge in [0.05, 0.1) is 11.0 Å². The van der Waals surface area contributed by atoms with E-state index in [0.29, 0.717) is 24.8 Å². The molecule has 1 aromatic carbocycles. The molecule has 0 spiro atoms. The Labute approximate surface area is 143 Å². The number of ether oxygens (including phenoxy) is 1. The van der Waals surface area contributed by atoms with Crippen molar-refractivity contribution in [2.75, 3.05) is 45.6 Å². The Morgan fingerprint density at radius 3 is 2.38 bits per heavy atom. The second-order valence-electron chi connectivity index (χ2n) is 6.52. The van der Waals surface area contributed by atoms with Gasteiger partial charge in [0, 0.05) is 51.1 Å². The molecule has 0 aliphatic carbocycles. The lowest BCUT2D eigenvalue weighted by Crippen LogP contribution is -2.50. The van der Waals surface area contributed by atoms with Gasteiger partial charge in [-0.1, -0.05) is 0 Å². The van der Waals surface area contributed by atoms with E-state index in [1.807, 2.05) is 4.90 Å². The quantitative estimate of drug-likeness (QED) is 0.810. The summed E-state index contributed by atoms with van der Waals surface area (Å²) in [6, 6.07) is 6.18. The van der Waals surface area contributed by atoms with E-state index in [1.54, 1.807) is 12.1 Å². The van der Waals surface area contributed by atoms with Crippen LogP contribution in [0.5, 0.6) is 0 Å². The Balaban J connectivity index is 1.54. The number of amides is 1. The third-order valence-corrected chi connectivity index (χ3v) is 5.80. The van der Waals surface area contributed by atoms with Crippen molar-refractivity contribution in [2.24, 2.45) is 0 Å². The minimum atomic E-state index is -3.23. The lowest BCUT2D eigenvalue weighted by atomic mass is 10.1. The summed E-state index contributed by atoms with van der Waals surface area (Å²) in [5, 5.41) is 0. The number of hydrogen-bond acceptors (Lipinski definition) is 5. The predicted octanol–water partition coefficient (Wildman–Crippen LogP) is 1.03. The molecule has 2 aliphatic rings. The second-order valence-corrected chi connectivity index (χ2v) is 8.54. The maximum atomic E-state index is 12.5. The Bertz CT molecular complexity index is 673. The van der Waals surface area contributed by atoms with Crippen LogP contribution in [-0.2, 0) is 14.6 Å². The van der Waals surface area contributed by atoms with Crippen LogP contribution < -0.4 is 0 Å². The van der Waals surface area contributed by atoms with Crippen molar-refractivity contribution in [3.05, 3.63) is 29.8 Å². The van der Waals surface area contributed by atoms with Gasteiger partial charge in [0.15, 0.2) is 9.84 Å². The summed E-state index contributed by atoms with van der Waals surface area (Å²) in [6.45, 7) is 4.91. The van der Waals surface area contributed by atoms with Crippen molar-refractivity contribution in [3.63, 3.8) is 0 Å². The molecule has 0 unspecified atom stereocenters. The van der Waals surface area contributed by atoms with Gasteiger partial charge in [-0.2, -0.15) is 0 Å². The normalized spacial score (nSPS) is 22.7. The third-order valence-electron chi connectivity index (χ3n) is 4.67. The van der Waals surface area contributed by atoms with Crippen molar-refractivity contribution < 1.29 is 17.9 Å². The van der Waals surface area contributed by atoms with Crippen LogP contribution in [0.1, 0.15) is 23.2 Å². The Morgan fingerprint density at radius 1 is 1.17 bits per heavy atom. The van der Waals surface area contributed by atoms with Crippen LogP contribution in [0.4, 0.5) is 0 Å². The molecule has 2 fully saturated rings. The number of carbonyl (C=O) groups excluding carboxylic acids is 1. The molecule has 2 aliphatic heterocycles. The second kappa shape index (κ2) is 7.21. The van der Waals surface area contributed by atoms with Crippen LogP contribution >= 0.6 is 0 Å². The summed E-state index contributed by atoms with van der Waals surface area (Å²) >= 11 is 0. The van der Waals surface area contributed by atoms with E-state index in [4.69, 9.17) is 4.74 Å². The molecule has 0 aromatic heterocycles. The zero-order chi connectivity index (χ0) is 17.2. The fraction of sp³-hybridized carbons (Fsp3) is 0.588. The van der Waals surface area contributed by atoms with E-state index < -0.39 is 9.84 Å². The maximum absolute atomic E-state index is 12.5. The first-order valence-electron chi connectivity index (χ1n) is 8.37. The lowest BCUT2D eigenvalue weighted by molar-refractivity contribution is 0.0432. The molecule has 0 radical (unpaired) electrons. The first-order valence-corrected chi connectivity index (χ1v) is 10.3. The highest BCUT2D eigenvalue weighted by Crippen LogP contribution is 2.16. The number of benzene rings is 1. The van der Waals surface area contributed by atoms with Gasteiger partial charge >= 0.3 is 0 Å². The van der Waals surface area contributed by atoms with Crippen LogP contribution in [0, 0.1) is 0 Å². The number of carbonyl (C=O) groups is 1. The number of piperazine rings is 1. The molecule has 6 nitrogen and oxygen atoms in total. The predicted molar refractivity (Wildman–Crippen MR) is 90.9 cm³/mol. The highest BCUT2D eigenvalue weighted by atomic mass is 32.2. The summed E-state index contributed by atoms with van der Waals surface area (Å²) in [5.41, 5.74) is 0.537. The molecule has 7 heteroatoms. The molecular formula is C17H24N2O4S. The number of rotatable bonds is 4. The molecule has 3 rings (SSSR count). The third kappa shape index (κ3) is 4.15. The Kier molecular flexibility index (Phi) is 5.22. The molecule has 1 aromatic rings. The van der Waals surface area contributed by atoms with Gasteiger partial charge in [-0.05, 0) is 37.1 Å². The molecule has 24 heavy (non-hydrogen) atoms. The molecule has 132 valence electrons. The number of sulfone groups is 1. The van der Waals surface area contributed by atoms with Crippen molar-refractivity contribution >= 4 is 15.7 Å². The maximum Gasteiger partial charge on any atom is 0.253 e. The summed E-state index contributed by atoms with van der Waals surface area (Å²) in [6.07, 6.45) is 3.78. The highest BCUT2D eigenvalue weighted by Gasteiger charge is 2.25. The van der Waals surface area contributed by atoms with Crippen LogP contribution in [0.15, 0.2) is 29.2 Å². The van der Waals surface area contributed by atoms with Crippen LogP contribution in [0.3, 0.4) is 0 Å². The van der Waals surface area contributed by atoms with Gasteiger partial charge in [0.25, 0.3) is 5.91 Å². The number of nitrogens with zero attached hydrogens (tertiary/aromatic N) is 2. The molecule has 2 heterocycles. The van der Waals surface area contributed by atoms with Crippen LogP contribution in [-0.4, -0.2) is 75.8 Å². The standard InChI is InChI=1S/C17H24N2O4S/c1-24(21,22)16-6-4-14(5-7-16)17(20)19-10-8-18(9-11-19)13-15-3-2-12-23-15/h4-7,15H,2-3,8-13H2,1H3/t15-/m0/s1. The first kappa shape index (κ1) is 17.4. The molecule has 0 saturated carbocycles. The SMILES string of the molecule is CS(=O)(=O)c1ccc(C(=O)N2CCN(C[C@@H]3CCCO3)CC2)cc1. The van der Waals surface area contributed by atoms with Crippen LogP contribution in [0.2, 0.25) is 0 Å². The van der Waals surface area contributed by atoms with Gasteiger partial charge in [-0.15, -0.1) is 0 Å². The topological polar surface area (TPSA) is 66.9 Å². The molecule has 0 N–H and O–H groups in total. The molecule has 1 atom stereocenters. The lowest BCUT2D eigenvalue weighted by Gasteiger charge is -2.35. The monoisotopic (exact) mass is 352 g/mol. The smallest absolute Gasteiger partial charge is 0.253 e. The van der Waals surface area contributed by atoms with Crippen molar-refractivity contribution in [3.8, 4) is 0 Å². The van der Waals surface area contributed by atoms with E-state index in [1.165, 1.54) is 12.1 Å². The van der Waals surface area contributed by atoms with Crippen molar-refractivity contribution in [1.82, 2.24) is 9.80 Å². The van der Waals surface area contributed by atoms with Gasteiger partial charge in [-0.25, -0.2) is 8.42 Å². The summed E-state index contributed by atoms with van der Waals surface area (Å²) < 4.78 is 28.6. The summed E-state index contributed by atoms with van der Waals surface area (Å²) in [5.74, 6) is -0.0354.